The van der Waals surface area contributed by atoms with Gasteiger partial charge in [-0.1, -0.05) is 0 Å². The van der Waals surface area contributed by atoms with E-state index in [9.17, 15) is 4.79 Å². The molecule has 7 nitrogen and oxygen atoms in total. The summed E-state index contributed by atoms with van der Waals surface area (Å²) in [5.41, 5.74) is 1.87. The third-order valence-corrected chi connectivity index (χ3v) is 2.61. The molecule has 2 aromatic rings. The minimum Gasteiger partial charge on any atom is -0.480 e. The molecule has 100 valence electrons. The van der Waals surface area contributed by atoms with Gasteiger partial charge in [-0.15, -0.1) is 10.2 Å². The Hall–Kier alpha value is -2.44. The van der Waals surface area contributed by atoms with Crippen LogP contribution < -0.4 is 5.32 Å². The lowest BCUT2D eigenvalue weighted by molar-refractivity contribution is -0.137. The van der Waals surface area contributed by atoms with Gasteiger partial charge in [0, 0.05) is 5.69 Å². The maximum atomic E-state index is 10.7. The molecule has 0 saturated carbocycles. The average molecular weight is 261 g/mol. The highest BCUT2D eigenvalue weighted by atomic mass is 16.4. The first kappa shape index (κ1) is 13.0. The molecular formula is C12H15N5O2. The van der Waals surface area contributed by atoms with Crippen molar-refractivity contribution in [2.75, 3.05) is 5.32 Å². The molecule has 0 amide bonds. The van der Waals surface area contributed by atoms with Gasteiger partial charge >= 0.3 is 5.97 Å². The second-order valence-electron chi connectivity index (χ2n) is 4.32. The quantitative estimate of drug-likeness (QED) is 0.858. The first-order chi connectivity index (χ1) is 8.97. The van der Waals surface area contributed by atoms with Crippen LogP contribution in [-0.2, 0) is 4.79 Å². The van der Waals surface area contributed by atoms with Crippen LogP contribution in [0.1, 0.15) is 18.3 Å². The van der Waals surface area contributed by atoms with Crippen molar-refractivity contribution in [3.8, 4) is 5.82 Å². The lowest BCUT2D eigenvalue weighted by Crippen LogP contribution is -2.26. The summed E-state index contributed by atoms with van der Waals surface area (Å²) >= 11 is 0. The van der Waals surface area contributed by atoms with Crippen LogP contribution in [0.25, 0.3) is 5.82 Å². The van der Waals surface area contributed by atoms with E-state index in [0.717, 1.165) is 11.4 Å². The maximum Gasteiger partial charge on any atom is 0.325 e. The van der Waals surface area contributed by atoms with Crippen LogP contribution in [-0.4, -0.2) is 37.1 Å². The number of rotatable bonds is 4. The fourth-order valence-electron chi connectivity index (χ4n) is 1.66. The van der Waals surface area contributed by atoms with E-state index in [1.54, 1.807) is 23.7 Å². The largest absolute Gasteiger partial charge is 0.480 e. The lowest BCUT2D eigenvalue weighted by Gasteiger charge is -2.09. The van der Waals surface area contributed by atoms with Crippen LogP contribution in [0.2, 0.25) is 0 Å². The van der Waals surface area contributed by atoms with Crippen molar-refractivity contribution in [3.63, 3.8) is 0 Å². The van der Waals surface area contributed by atoms with Crippen molar-refractivity contribution in [1.29, 1.82) is 0 Å². The van der Waals surface area contributed by atoms with Crippen LogP contribution in [0.5, 0.6) is 0 Å². The number of nitrogens with one attached hydrogen (secondary N) is 1. The molecule has 2 heterocycles. The molecule has 1 atom stereocenters. The molecule has 2 aromatic heterocycles. The molecule has 19 heavy (non-hydrogen) atoms. The van der Waals surface area contributed by atoms with Crippen molar-refractivity contribution < 1.29 is 9.90 Å². The lowest BCUT2D eigenvalue weighted by atomic mass is 10.3. The Balaban J connectivity index is 2.19. The van der Waals surface area contributed by atoms with Gasteiger partial charge in [-0.25, -0.2) is 4.68 Å². The topological polar surface area (TPSA) is 92.9 Å². The van der Waals surface area contributed by atoms with Crippen LogP contribution in [0.15, 0.2) is 18.2 Å². The number of aliphatic carboxylic acids is 1. The Morgan fingerprint density at radius 2 is 2.11 bits per heavy atom. The summed E-state index contributed by atoms with van der Waals surface area (Å²) in [6, 6.07) is 4.65. The van der Waals surface area contributed by atoms with E-state index in [2.05, 4.69) is 20.6 Å². The first-order valence-electron chi connectivity index (χ1n) is 5.84. The monoisotopic (exact) mass is 261 g/mol. The van der Waals surface area contributed by atoms with Gasteiger partial charge in [0.25, 0.3) is 0 Å². The standard InChI is InChI=1S/C12H15N5O2/c1-7-6-8(2)17(16-7)11-5-4-10(14-15-11)13-9(3)12(18)19/h4-6,9H,1-3H3,(H,13,14)(H,18,19). The van der Waals surface area contributed by atoms with Gasteiger partial charge in [0.15, 0.2) is 5.82 Å². The van der Waals surface area contributed by atoms with E-state index in [0.29, 0.717) is 11.6 Å². The van der Waals surface area contributed by atoms with E-state index in [4.69, 9.17) is 5.11 Å². The Morgan fingerprint density at radius 3 is 2.58 bits per heavy atom. The maximum absolute atomic E-state index is 10.7. The zero-order valence-electron chi connectivity index (χ0n) is 11.0. The third kappa shape index (κ3) is 2.87. The number of anilines is 1. The summed E-state index contributed by atoms with van der Waals surface area (Å²) in [5.74, 6) is 0.0729. The highest BCUT2D eigenvalue weighted by molar-refractivity contribution is 5.76. The first-order valence-corrected chi connectivity index (χ1v) is 5.84. The summed E-state index contributed by atoms with van der Waals surface area (Å²) in [6.07, 6.45) is 0. The van der Waals surface area contributed by atoms with Crippen molar-refractivity contribution in [2.45, 2.75) is 26.8 Å². The van der Waals surface area contributed by atoms with Crippen molar-refractivity contribution >= 4 is 11.8 Å². The van der Waals surface area contributed by atoms with Gasteiger partial charge in [-0.05, 0) is 39.0 Å². The average Bonchev–Trinajstić information content (AvgIpc) is 2.69. The molecule has 0 aliphatic heterocycles. The number of hydrogen-bond donors (Lipinski definition) is 2. The van der Waals surface area contributed by atoms with Gasteiger partial charge in [-0.2, -0.15) is 5.10 Å². The molecule has 2 rings (SSSR count). The molecule has 0 saturated heterocycles. The van der Waals surface area contributed by atoms with E-state index in [1.807, 2.05) is 19.9 Å². The van der Waals surface area contributed by atoms with Gasteiger partial charge in [0.2, 0.25) is 0 Å². The van der Waals surface area contributed by atoms with Crippen molar-refractivity contribution in [2.24, 2.45) is 0 Å². The van der Waals surface area contributed by atoms with Gasteiger partial charge in [-0.3, -0.25) is 4.79 Å². The van der Waals surface area contributed by atoms with Crippen LogP contribution in [0.4, 0.5) is 5.82 Å². The molecule has 0 fully saturated rings. The summed E-state index contributed by atoms with van der Waals surface area (Å²) in [5, 5.41) is 23.8. The van der Waals surface area contributed by atoms with E-state index in [1.165, 1.54) is 0 Å². The highest BCUT2D eigenvalue weighted by Gasteiger charge is 2.11. The smallest absolute Gasteiger partial charge is 0.325 e. The zero-order chi connectivity index (χ0) is 14.0. The van der Waals surface area contributed by atoms with Crippen LogP contribution >= 0.6 is 0 Å². The van der Waals surface area contributed by atoms with Crippen molar-refractivity contribution in [1.82, 2.24) is 20.0 Å². The fraction of sp³-hybridized carbons (Fsp3) is 0.333. The Kier molecular flexibility index (Phi) is 3.46. The van der Waals surface area contributed by atoms with Crippen LogP contribution in [0.3, 0.4) is 0 Å². The van der Waals surface area contributed by atoms with Gasteiger partial charge in [0.1, 0.15) is 11.9 Å². The number of carbonyl (C=O) groups is 1. The highest BCUT2D eigenvalue weighted by Crippen LogP contribution is 2.11. The summed E-state index contributed by atoms with van der Waals surface area (Å²) in [4.78, 5) is 10.7. The van der Waals surface area contributed by atoms with Crippen molar-refractivity contribution in [3.05, 3.63) is 29.6 Å². The molecule has 0 bridgehead atoms. The van der Waals surface area contributed by atoms with E-state index >= 15 is 0 Å². The predicted molar refractivity (Wildman–Crippen MR) is 69.3 cm³/mol. The Labute approximate surface area is 110 Å². The van der Waals surface area contributed by atoms with E-state index in [-0.39, 0.29) is 0 Å². The minimum atomic E-state index is -0.940. The minimum absolute atomic E-state index is 0.417. The second kappa shape index (κ2) is 5.05. The SMILES string of the molecule is Cc1cc(C)n(-c2ccc(NC(C)C(=O)O)nn2)n1. The number of carboxylic acid groups (broad SMARTS) is 1. The molecular weight excluding hydrogens is 246 g/mol. The van der Waals surface area contributed by atoms with Gasteiger partial charge < -0.3 is 10.4 Å². The predicted octanol–water partition coefficient (Wildman–Crippen LogP) is 1.16. The van der Waals surface area contributed by atoms with E-state index < -0.39 is 12.0 Å². The molecule has 0 aliphatic carbocycles. The molecule has 0 aliphatic rings. The number of hydrogen-bond acceptors (Lipinski definition) is 5. The molecule has 0 aromatic carbocycles. The normalized spacial score (nSPS) is 12.2. The zero-order valence-corrected chi connectivity index (χ0v) is 11.0. The Bertz CT molecular complexity index is 591. The molecule has 7 heteroatoms. The Morgan fingerprint density at radius 1 is 1.37 bits per heavy atom. The second-order valence-corrected chi connectivity index (χ2v) is 4.32. The summed E-state index contributed by atoms with van der Waals surface area (Å²) in [6.45, 7) is 5.38. The number of aryl methyl sites for hydroxylation is 2. The third-order valence-electron chi connectivity index (χ3n) is 2.61. The molecule has 1 unspecified atom stereocenters. The number of aromatic nitrogens is 4. The number of nitrogens with zero attached hydrogens (tertiary/aromatic N) is 4. The fourth-order valence-corrected chi connectivity index (χ4v) is 1.66. The molecule has 0 radical (unpaired) electrons. The number of carboxylic acids is 1. The summed E-state index contributed by atoms with van der Waals surface area (Å²) in [7, 11) is 0. The van der Waals surface area contributed by atoms with Gasteiger partial charge in [0.05, 0.1) is 5.69 Å². The summed E-state index contributed by atoms with van der Waals surface area (Å²) < 4.78 is 1.69. The van der Waals surface area contributed by atoms with Crippen LogP contribution in [0, 0.1) is 13.8 Å². The molecule has 0 spiro atoms. The molecule has 2 N–H and O–H groups in total.